The fourth-order valence-electron chi connectivity index (χ4n) is 2.55. The van der Waals surface area contributed by atoms with E-state index < -0.39 is 6.10 Å². The van der Waals surface area contributed by atoms with Crippen molar-refractivity contribution in [3.8, 4) is 0 Å². The van der Waals surface area contributed by atoms with Gasteiger partial charge in [0, 0.05) is 23.9 Å². The first-order valence-electron chi connectivity index (χ1n) is 5.97. The predicted molar refractivity (Wildman–Crippen MR) is 63.5 cm³/mol. The fourth-order valence-corrected chi connectivity index (χ4v) is 2.55. The Morgan fingerprint density at radius 3 is 2.44 bits per heavy atom. The molecule has 2 N–H and O–H groups in total. The maximum absolute atomic E-state index is 10.4. The number of nitrogens with one attached hydrogen (secondary N) is 1. The summed E-state index contributed by atoms with van der Waals surface area (Å²) in [5.41, 5.74) is 4.56. The molecule has 3 atom stereocenters. The molecule has 0 bridgehead atoms. The SMILES string of the molecule is Cc1[nH]c(C(O)C2CCOC2C)c(C)c1C. The summed E-state index contributed by atoms with van der Waals surface area (Å²) in [6.07, 6.45) is 0.669. The van der Waals surface area contributed by atoms with E-state index in [0.29, 0.717) is 0 Å². The molecule has 2 heterocycles. The monoisotopic (exact) mass is 223 g/mol. The zero-order chi connectivity index (χ0) is 11.9. The van der Waals surface area contributed by atoms with E-state index >= 15 is 0 Å². The van der Waals surface area contributed by atoms with Crippen LogP contribution in [0.4, 0.5) is 0 Å². The lowest BCUT2D eigenvalue weighted by atomic mass is 9.92. The number of aliphatic hydroxyl groups excluding tert-OH is 1. The predicted octanol–water partition coefficient (Wildman–Crippen LogP) is 2.40. The van der Waals surface area contributed by atoms with Gasteiger partial charge in [-0.3, -0.25) is 0 Å². The van der Waals surface area contributed by atoms with Gasteiger partial charge in [-0.15, -0.1) is 0 Å². The Balaban J connectivity index is 2.26. The fraction of sp³-hybridized carbons (Fsp3) is 0.692. The largest absolute Gasteiger partial charge is 0.386 e. The number of aliphatic hydroxyl groups is 1. The Morgan fingerprint density at radius 1 is 1.31 bits per heavy atom. The molecule has 90 valence electrons. The van der Waals surface area contributed by atoms with Crippen LogP contribution in [0.5, 0.6) is 0 Å². The Hall–Kier alpha value is -0.800. The molecule has 1 aliphatic rings. The molecule has 0 aliphatic carbocycles. The van der Waals surface area contributed by atoms with Gasteiger partial charge in [-0.05, 0) is 45.2 Å². The Bertz CT molecular complexity index is 384. The van der Waals surface area contributed by atoms with Crippen molar-refractivity contribution in [3.05, 3.63) is 22.5 Å². The van der Waals surface area contributed by atoms with Crippen LogP contribution in [0.3, 0.4) is 0 Å². The smallest absolute Gasteiger partial charge is 0.0994 e. The molecule has 2 rings (SSSR count). The van der Waals surface area contributed by atoms with Gasteiger partial charge in [0.15, 0.2) is 0 Å². The third-order valence-electron chi connectivity index (χ3n) is 3.99. The normalized spacial score (nSPS) is 27.3. The van der Waals surface area contributed by atoms with Crippen LogP contribution in [0.2, 0.25) is 0 Å². The van der Waals surface area contributed by atoms with E-state index in [9.17, 15) is 5.11 Å². The average Bonchev–Trinajstić information content (AvgIpc) is 2.77. The molecule has 0 aromatic carbocycles. The highest BCUT2D eigenvalue weighted by atomic mass is 16.5. The number of aromatic nitrogens is 1. The van der Waals surface area contributed by atoms with E-state index in [-0.39, 0.29) is 12.0 Å². The molecule has 3 heteroatoms. The zero-order valence-electron chi connectivity index (χ0n) is 10.5. The summed E-state index contributed by atoms with van der Waals surface area (Å²) < 4.78 is 5.51. The summed E-state index contributed by atoms with van der Waals surface area (Å²) in [6, 6.07) is 0. The van der Waals surface area contributed by atoms with Crippen LogP contribution in [0.25, 0.3) is 0 Å². The van der Waals surface area contributed by atoms with Crippen molar-refractivity contribution in [2.75, 3.05) is 6.61 Å². The molecular weight excluding hydrogens is 202 g/mol. The highest BCUT2D eigenvalue weighted by molar-refractivity contribution is 5.35. The third-order valence-corrected chi connectivity index (χ3v) is 3.99. The molecule has 0 spiro atoms. The van der Waals surface area contributed by atoms with Crippen LogP contribution in [0.1, 0.15) is 42.0 Å². The molecule has 1 aliphatic heterocycles. The van der Waals surface area contributed by atoms with Gasteiger partial charge in [-0.1, -0.05) is 0 Å². The van der Waals surface area contributed by atoms with E-state index in [1.54, 1.807) is 0 Å². The maximum Gasteiger partial charge on any atom is 0.0994 e. The average molecular weight is 223 g/mol. The first-order chi connectivity index (χ1) is 7.52. The number of aromatic amines is 1. The number of hydrogen-bond donors (Lipinski definition) is 2. The number of ether oxygens (including phenoxy) is 1. The minimum absolute atomic E-state index is 0.151. The number of H-pyrrole nitrogens is 1. The minimum Gasteiger partial charge on any atom is -0.386 e. The first kappa shape index (κ1) is 11.7. The summed E-state index contributed by atoms with van der Waals surface area (Å²) in [5.74, 6) is 0.219. The molecule has 1 aromatic rings. The van der Waals surface area contributed by atoms with Crippen LogP contribution in [0, 0.1) is 26.7 Å². The van der Waals surface area contributed by atoms with Crippen LogP contribution in [-0.4, -0.2) is 22.8 Å². The lowest BCUT2D eigenvalue weighted by Gasteiger charge is -2.20. The molecule has 0 saturated carbocycles. The number of rotatable bonds is 2. The van der Waals surface area contributed by atoms with Crippen LogP contribution < -0.4 is 0 Å². The van der Waals surface area contributed by atoms with Crippen LogP contribution in [-0.2, 0) is 4.74 Å². The van der Waals surface area contributed by atoms with Gasteiger partial charge in [-0.2, -0.15) is 0 Å². The van der Waals surface area contributed by atoms with Gasteiger partial charge < -0.3 is 14.8 Å². The summed E-state index contributed by atoms with van der Waals surface area (Å²) in [4.78, 5) is 3.30. The van der Waals surface area contributed by atoms with Crippen molar-refractivity contribution in [1.29, 1.82) is 0 Å². The summed E-state index contributed by atoms with van der Waals surface area (Å²) >= 11 is 0. The molecule has 3 nitrogen and oxygen atoms in total. The van der Waals surface area contributed by atoms with Gasteiger partial charge in [-0.25, -0.2) is 0 Å². The number of hydrogen-bond acceptors (Lipinski definition) is 2. The zero-order valence-corrected chi connectivity index (χ0v) is 10.5. The lowest BCUT2D eigenvalue weighted by Crippen LogP contribution is -2.20. The van der Waals surface area contributed by atoms with E-state index in [2.05, 4.69) is 18.8 Å². The molecule has 1 aromatic heterocycles. The topological polar surface area (TPSA) is 45.2 Å². The van der Waals surface area contributed by atoms with Crippen LogP contribution >= 0.6 is 0 Å². The van der Waals surface area contributed by atoms with Crippen molar-refractivity contribution >= 4 is 0 Å². The summed E-state index contributed by atoms with van der Waals surface area (Å²) in [7, 11) is 0. The molecule has 1 fully saturated rings. The Kier molecular flexibility index (Phi) is 3.08. The van der Waals surface area contributed by atoms with E-state index in [4.69, 9.17) is 4.74 Å². The molecule has 1 saturated heterocycles. The Labute approximate surface area is 96.8 Å². The summed E-state index contributed by atoms with van der Waals surface area (Å²) in [6.45, 7) is 9.01. The second kappa shape index (κ2) is 4.22. The van der Waals surface area contributed by atoms with Crippen molar-refractivity contribution < 1.29 is 9.84 Å². The van der Waals surface area contributed by atoms with Crippen molar-refractivity contribution in [2.24, 2.45) is 5.92 Å². The highest BCUT2D eigenvalue weighted by Crippen LogP contribution is 2.35. The van der Waals surface area contributed by atoms with Crippen molar-refractivity contribution in [1.82, 2.24) is 4.98 Å². The maximum atomic E-state index is 10.4. The first-order valence-corrected chi connectivity index (χ1v) is 5.97. The van der Waals surface area contributed by atoms with Gasteiger partial charge in [0.2, 0.25) is 0 Å². The van der Waals surface area contributed by atoms with Crippen LogP contribution in [0.15, 0.2) is 0 Å². The van der Waals surface area contributed by atoms with Crippen molar-refractivity contribution in [3.63, 3.8) is 0 Å². The van der Waals surface area contributed by atoms with E-state index in [0.717, 1.165) is 24.4 Å². The van der Waals surface area contributed by atoms with Gasteiger partial charge >= 0.3 is 0 Å². The van der Waals surface area contributed by atoms with Crippen molar-refractivity contribution in [2.45, 2.75) is 46.3 Å². The third kappa shape index (κ3) is 1.78. The van der Waals surface area contributed by atoms with E-state index in [1.807, 2.05) is 13.8 Å². The molecule has 16 heavy (non-hydrogen) atoms. The second-order valence-electron chi connectivity index (χ2n) is 4.89. The molecule has 0 radical (unpaired) electrons. The molecular formula is C13H21NO2. The van der Waals surface area contributed by atoms with E-state index in [1.165, 1.54) is 11.1 Å². The second-order valence-corrected chi connectivity index (χ2v) is 4.89. The van der Waals surface area contributed by atoms with Gasteiger partial charge in [0.25, 0.3) is 0 Å². The molecule has 0 amide bonds. The number of aryl methyl sites for hydroxylation is 1. The standard InChI is InChI=1S/C13H21NO2/c1-7-8(2)12(14-9(7)3)13(15)11-5-6-16-10(11)4/h10-11,13-15H,5-6H2,1-4H3. The highest BCUT2D eigenvalue weighted by Gasteiger charge is 2.33. The van der Waals surface area contributed by atoms with Gasteiger partial charge in [0.05, 0.1) is 12.2 Å². The Morgan fingerprint density at radius 2 is 2.00 bits per heavy atom. The lowest BCUT2D eigenvalue weighted by molar-refractivity contribution is 0.0410. The molecule has 3 unspecified atom stereocenters. The minimum atomic E-state index is -0.426. The quantitative estimate of drug-likeness (QED) is 0.808. The summed E-state index contributed by atoms with van der Waals surface area (Å²) in [5, 5.41) is 10.4. The van der Waals surface area contributed by atoms with Gasteiger partial charge in [0.1, 0.15) is 0 Å².